The van der Waals surface area contributed by atoms with Gasteiger partial charge >= 0.3 is 0 Å². The summed E-state index contributed by atoms with van der Waals surface area (Å²) in [6.07, 6.45) is 4.00. The molecule has 0 amide bonds. The minimum atomic E-state index is 1.03. The van der Waals surface area contributed by atoms with E-state index in [-0.39, 0.29) is 0 Å². The fourth-order valence-electron chi connectivity index (χ4n) is 2.17. The predicted molar refractivity (Wildman–Crippen MR) is 70.1 cm³/mol. The molecule has 0 aliphatic carbocycles. The highest BCUT2D eigenvalue weighted by Gasteiger charge is 2.06. The third kappa shape index (κ3) is 1.62. The molecule has 2 aromatic heterocycles. The lowest BCUT2D eigenvalue weighted by atomic mass is 10.1. The van der Waals surface area contributed by atoms with Crippen LogP contribution in [0.15, 0.2) is 48.8 Å². The van der Waals surface area contributed by atoms with Crippen LogP contribution in [0.25, 0.3) is 16.9 Å². The second-order valence-electron chi connectivity index (χ2n) is 4.40. The van der Waals surface area contributed by atoms with Gasteiger partial charge in [-0.05, 0) is 31.5 Å². The van der Waals surface area contributed by atoms with Crippen molar-refractivity contribution in [2.75, 3.05) is 0 Å². The lowest BCUT2D eigenvalue weighted by Gasteiger charge is -2.03. The van der Waals surface area contributed by atoms with Crippen molar-refractivity contribution in [2.24, 2.45) is 0 Å². The average Bonchev–Trinajstić information content (AvgIpc) is 2.74. The first kappa shape index (κ1) is 10.1. The monoisotopic (exact) mass is 222 g/mol. The number of fused-ring (bicyclic) bond motifs is 1. The van der Waals surface area contributed by atoms with Crippen LogP contribution in [0.4, 0.5) is 0 Å². The van der Waals surface area contributed by atoms with Crippen molar-refractivity contribution >= 4 is 5.65 Å². The van der Waals surface area contributed by atoms with Gasteiger partial charge < -0.3 is 0 Å². The van der Waals surface area contributed by atoms with Crippen molar-refractivity contribution in [2.45, 2.75) is 13.8 Å². The minimum Gasteiger partial charge on any atom is -0.299 e. The molecule has 0 atom stereocenters. The van der Waals surface area contributed by atoms with Gasteiger partial charge in [0.1, 0.15) is 5.65 Å². The van der Waals surface area contributed by atoms with Crippen molar-refractivity contribution in [3.63, 3.8) is 0 Å². The molecule has 2 heterocycles. The van der Waals surface area contributed by atoms with E-state index in [0.717, 1.165) is 11.3 Å². The topological polar surface area (TPSA) is 17.3 Å². The molecule has 2 heteroatoms. The Morgan fingerprint density at radius 1 is 1.06 bits per heavy atom. The second kappa shape index (κ2) is 3.74. The average molecular weight is 222 g/mol. The van der Waals surface area contributed by atoms with Crippen LogP contribution >= 0.6 is 0 Å². The summed E-state index contributed by atoms with van der Waals surface area (Å²) in [6.45, 7) is 4.19. The molecule has 84 valence electrons. The summed E-state index contributed by atoms with van der Waals surface area (Å²) >= 11 is 0. The van der Waals surface area contributed by atoms with E-state index in [4.69, 9.17) is 0 Å². The third-order valence-corrected chi connectivity index (χ3v) is 3.04. The first-order chi connectivity index (χ1) is 8.25. The predicted octanol–water partition coefficient (Wildman–Crippen LogP) is 3.62. The van der Waals surface area contributed by atoms with Crippen molar-refractivity contribution < 1.29 is 0 Å². The van der Waals surface area contributed by atoms with E-state index in [9.17, 15) is 0 Å². The number of pyridine rings is 1. The Kier molecular flexibility index (Phi) is 2.22. The maximum absolute atomic E-state index is 4.49. The van der Waals surface area contributed by atoms with E-state index in [1.54, 1.807) is 0 Å². The van der Waals surface area contributed by atoms with E-state index in [1.807, 2.05) is 6.20 Å². The van der Waals surface area contributed by atoms with Crippen molar-refractivity contribution in [3.05, 3.63) is 59.9 Å². The molecule has 0 aliphatic rings. The fourth-order valence-corrected chi connectivity index (χ4v) is 2.17. The molecule has 1 aromatic carbocycles. The zero-order valence-corrected chi connectivity index (χ0v) is 10.0. The largest absolute Gasteiger partial charge is 0.299 e. The molecule has 3 rings (SSSR count). The highest BCUT2D eigenvalue weighted by molar-refractivity contribution is 5.65. The summed E-state index contributed by atoms with van der Waals surface area (Å²) in [4.78, 5) is 4.49. The third-order valence-electron chi connectivity index (χ3n) is 3.04. The van der Waals surface area contributed by atoms with Crippen LogP contribution in [-0.4, -0.2) is 9.38 Å². The molecular weight excluding hydrogens is 208 g/mol. The second-order valence-corrected chi connectivity index (χ2v) is 4.40. The van der Waals surface area contributed by atoms with Gasteiger partial charge in [-0.3, -0.25) is 4.40 Å². The van der Waals surface area contributed by atoms with E-state index >= 15 is 0 Å². The first-order valence-electron chi connectivity index (χ1n) is 5.75. The summed E-state index contributed by atoms with van der Waals surface area (Å²) in [6, 6.07) is 12.6. The number of aryl methyl sites for hydroxylation is 2. The van der Waals surface area contributed by atoms with Crippen LogP contribution in [0, 0.1) is 13.8 Å². The standard InChI is InChI=1S/C15H14N2/c1-11-5-3-7-13(9-11)14-10-16-15-12(2)6-4-8-17(14)15/h3-10H,1-2H3. The lowest BCUT2D eigenvalue weighted by molar-refractivity contribution is 1.17. The highest BCUT2D eigenvalue weighted by Crippen LogP contribution is 2.22. The van der Waals surface area contributed by atoms with Gasteiger partial charge in [0, 0.05) is 11.8 Å². The maximum atomic E-state index is 4.49. The van der Waals surface area contributed by atoms with Crippen LogP contribution in [0.5, 0.6) is 0 Å². The SMILES string of the molecule is Cc1cccc(-c2cnc3c(C)cccn23)c1. The van der Waals surface area contributed by atoms with Gasteiger partial charge in [-0.2, -0.15) is 0 Å². The van der Waals surface area contributed by atoms with Crippen LogP contribution in [0.3, 0.4) is 0 Å². The van der Waals surface area contributed by atoms with Crippen molar-refractivity contribution in [3.8, 4) is 11.3 Å². The molecule has 0 aliphatic heterocycles. The van der Waals surface area contributed by atoms with Crippen LogP contribution in [0.1, 0.15) is 11.1 Å². The fraction of sp³-hybridized carbons (Fsp3) is 0.133. The van der Waals surface area contributed by atoms with Crippen LogP contribution < -0.4 is 0 Å². The van der Waals surface area contributed by atoms with Gasteiger partial charge in [0.25, 0.3) is 0 Å². The van der Waals surface area contributed by atoms with Gasteiger partial charge in [0.15, 0.2) is 0 Å². The number of imidazole rings is 1. The Labute approximate surface area is 101 Å². The Bertz CT molecular complexity index is 680. The Morgan fingerprint density at radius 3 is 2.76 bits per heavy atom. The van der Waals surface area contributed by atoms with E-state index in [1.165, 1.54) is 16.7 Å². The van der Waals surface area contributed by atoms with Gasteiger partial charge in [0.2, 0.25) is 0 Å². The molecule has 0 saturated carbocycles. The number of rotatable bonds is 1. The molecule has 3 aromatic rings. The molecule has 2 nitrogen and oxygen atoms in total. The Balaban J connectivity index is 2.28. The summed E-state index contributed by atoms with van der Waals surface area (Å²) in [5.41, 5.74) is 5.86. The molecule has 0 unspecified atom stereocenters. The van der Waals surface area contributed by atoms with Crippen molar-refractivity contribution in [1.82, 2.24) is 9.38 Å². The number of aromatic nitrogens is 2. The number of hydrogen-bond acceptors (Lipinski definition) is 1. The summed E-state index contributed by atoms with van der Waals surface area (Å²) < 4.78 is 2.14. The quantitative estimate of drug-likeness (QED) is 0.614. The first-order valence-corrected chi connectivity index (χ1v) is 5.75. The lowest BCUT2D eigenvalue weighted by Crippen LogP contribution is -1.89. The molecule has 0 N–H and O–H groups in total. The zero-order chi connectivity index (χ0) is 11.8. The van der Waals surface area contributed by atoms with Gasteiger partial charge in [-0.1, -0.05) is 29.8 Å². The molecule has 0 saturated heterocycles. The summed E-state index contributed by atoms with van der Waals surface area (Å²) in [5.74, 6) is 0. The number of benzene rings is 1. The van der Waals surface area contributed by atoms with E-state index < -0.39 is 0 Å². The molecular formula is C15H14N2. The van der Waals surface area contributed by atoms with Crippen molar-refractivity contribution in [1.29, 1.82) is 0 Å². The zero-order valence-electron chi connectivity index (χ0n) is 10.0. The summed E-state index contributed by atoms with van der Waals surface area (Å²) in [7, 11) is 0. The highest BCUT2D eigenvalue weighted by atomic mass is 15.0. The smallest absolute Gasteiger partial charge is 0.140 e. The van der Waals surface area contributed by atoms with Gasteiger partial charge in [-0.15, -0.1) is 0 Å². The number of hydrogen-bond donors (Lipinski definition) is 0. The van der Waals surface area contributed by atoms with Gasteiger partial charge in [-0.25, -0.2) is 4.98 Å². The van der Waals surface area contributed by atoms with E-state index in [2.05, 4.69) is 65.8 Å². The normalized spacial score (nSPS) is 10.9. The van der Waals surface area contributed by atoms with E-state index in [0.29, 0.717) is 0 Å². The number of nitrogens with zero attached hydrogens (tertiary/aromatic N) is 2. The molecule has 0 bridgehead atoms. The van der Waals surface area contributed by atoms with Gasteiger partial charge in [0.05, 0.1) is 11.9 Å². The molecule has 0 spiro atoms. The minimum absolute atomic E-state index is 1.03. The maximum Gasteiger partial charge on any atom is 0.140 e. The Hall–Kier alpha value is -2.09. The molecule has 0 fully saturated rings. The summed E-state index contributed by atoms with van der Waals surface area (Å²) in [5, 5.41) is 0. The Morgan fingerprint density at radius 2 is 1.94 bits per heavy atom. The van der Waals surface area contributed by atoms with Crippen LogP contribution in [-0.2, 0) is 0 Å². The van der Waals surface area contributed by atoms with Crippen LogP contribution in [0.2, 0.25) is 0 Å². The molecule has 0 radical (unpaired) electrons. The molecule has 17 heavy (non-hydrogen) atoms.